The summed E-state index contributed by atoms with van der Waals surface area (Å²) in [6.45, 7) is 0. The number of alkyl halides is 8. The van der Waals surface area contributed by atoms with Crippen molar-refractivity contribution in [3.05, 3.63) is 0 Å². The zero-order valence-electron chi connectivity index (χ0n) is 5.43. The van der Waals surface area contributed by atoms with Crippen molar-refractivity contribution in [2.45, 2.75) is 22.4 Å². The fourth-order valence-electron chi connectivity index (χ4n) is 0.773. The van der Waals surface area contributed by atoms with Crippen molar-refractivity contribution in [3.63, 3.8) is 0 Å². The predicted molar refractivity (Wildman–Crippen MR) is 27.4 cm³/mol. The summed E-state index contributed by atoms with van der Waals surface area (Å²) in [6.07, 6.45) is -12.0. The van der Waals surface area contributed by atoms with E-state index in [2.05, 4.69) is 0 Å². The zero-order valence-corrected chi connectivity index (χ0v) is 6.25. The number of hydrogen-bond donors (Lipinski definition) is 0. The van der Waals surface area contributed by atoms with Gasteiger partial charge < -0.3 is 0 Å². The second kappa shape index (κ2) is 2.23. The van der Waals surface area contributed by atoms with E-state index in [1.807, 2.05) is 0 Å². The molecular formula is C4F8S. The summed E-state index contributed by atoms with van der Waals surface area (Å²) in [6, 6.07) is 0. The van der Waals surface area contributed by atoms with Crippen LogP contribution in [0.4, 0.5) is 35.1 Å². The van der Waals surface area contributed by atoms with E-state index in [-0.39, 0.29) is 0 Å². The molecule has 78 valence electrons. The lowest BCUT2D eigenvalue weighted by molar-refractivity contribution is -0.277. The first-order valence-electron chi connectivity index (χ1n) is 2.67. The first kappa shape index (κ1) is 10.9. The van der Waals surface area contributed by atoms with Gasteiger partial charge in [-0.15, -0.1) is 0 Å². The molecule has 0 N–H and O–H groups in total. The molecule has 1 saturated heterocycles. The fraction of sp³-hybridized carbons (Fsp3) is 1.00. The summed E-state index contributed by atoms with van der Waals surface area (Å²) < 4.78 is 89.0. The molecule has 1 fully saturated rings. The van der Waals surface area contributed by atoms with Crippen LogP contribution in [0.1, 0.15) is 0 Å². The third-order valence-corrected chi connectivity index (χ3v) is 2.83. The lowest BCUT2D eigenvalue weighted by Crippen LogP contribution is -2.49. The van der Waals surface area contributed by atoms with Gasteiger partial charge in [-0.05, 0) is 0 Å². The van der Waals surface area contributed by atoms with E-state index in [1.165, 1.54) is 0 Å². The maximum atomic E-state index is 12.0. The van der Waals surface area contributed by atoms with Gasteiger partial charge in [0, 0.05) is 0 Å². The smallest absolute Gasteiger partial charge is 0.192 e. The molecule has 0 aliphatic carbocycles. The van der Waals surface area contributed by atoms with Crippen molar-refractivity contribution in [2.75, 3.05) is 0 Å². The van der Waals surface area contributed by atoms with Crippen LogP contribution in [0.5, 0.6) is 0 Å². The molecule has 0 nitrogen and oxygen atoms in total. The van der Waals surface area contributed by atoms with Crippen molar-refractivity contribution in [3.8, 4) is 0 Å². The highest BCUT2D eigenvalue weighted by atomic mass is 32.2. The quantitative estimate of drug-likeness (QED) is 0.456. The molecule has 1 rings (SSSR count). The maximum absolute atomic E-state index is 12.0. The van der Waals surface area contributed by atoms with Crippen LogP contribution < -0.4 is 0 Å². The Kier molecular flexibility index (Phi) is 1.87. The van der Waals surface area contributed by atoms with E-state index >= 15 is 0 Å². The van der Waals surface area contributed by atoms with Gasteiger partial charge in [0.15, 0.2) is 0 Å². The molecule has 0 bridgehead atoms. The molecule has 0 radical (unpaired) electrons. The van der Waals surface area contributed by atoms with Gasteiger partial charge in [0.25, 0.3) is 4.75 Å². The predicted octanol–water partition coefficient (Wildman–Crippen LogP) is 3.19. The Morgan fingerprint density at radius 1 is 0.769 bits per heavy atom. The average Bonchev–Trinajstić information content (AvgIpc) is 2.30. The SMILES string of the molecule is FC(F)(F)C1(C(F)(F)F)SC1(F)F. The lowest BCUT2D eigenvalue weighted by Gasteiger charge is -2.20. The largest absolute Gasteiger partial charge is 0.419 e. The summed E-state index contributed by atoms with van der Waals surface area (Å²) >= 11 is -1.43. The van der Waals surface area contributed by atoms with Crippen molar-refractivity contribution < 1.29 is 35.1 Å². The molecule has 0 saturated carbocycles. The molecule has 0 unspecified atom stereocenters. The van der Waals surface area contributed by atoms with E-state index in [4.69, 9.17) is 0 Å². The number of halogens is 8. The Hall–Kier alpha value is -0.210. The van der Waals surface area contributed by atoms with Gasteiger partial charge in [-0.25, -0.2) is 0 Å². The van der Waals surface area contributed by atoms with Crippen molar-refractivity contribution in [1.82, 2.24) is 0 Å². The van der Waals surface area contributed by atoms with Crippen LogP contribution in [0.3, 0.4) is 0 Å². The summed E-state index contributed by atoms with van der Waals surface area (Å²) in [5, 5.41) is -4.80. The van der Waals surface area contributed by atoms with Gasteiger partial charge in [0.1, 0.15) is 0 Å². The summed E-state index contributed by atoms with van der Waals surface area (Å²) in [7, 11) is 0. The van der Waals surface area contributed by atoms with Crippen LogP contribution in [0.15, 0.2) is 0 Å². The Morgan fingerprint density at radius 2 is 1.00 bits per heavy atom. The number of hydrogen-bond acceptors (Lipinski definition) is 1. The molecule has 9 heteroatoms. The molecule has 0 atom stereocenters. The molecule has 0 aromatic carbocycles. The summed E-state index contributed by atoms with van der Waals surface area (Å²) in [5.74, 6) is 0. The molecule has 1 aliphatic heterocycles. The minimum Gasteiger partial charge on any atom is -0.192 e. The molecule has 13 heavy (non-hydrogen) atoms. The van der Waals surface area contributed by atoms with Crippen molar-refractivity contribution >= 4 is 11.8 Å². The molecular weight excluding hydrogens is 232 g/mol. The highest BCUT2D eigenvalue weighted by molar-refractivity contribution is 8.09. The van der Waals surface area contributed by atoms with Gasteiger partial charge in [0.05, 0.1) is 0 Å². The Morgan fingerprint density at radius 3 is 1.00 bits per heavy atom. The second-order valence-electron chi connectivity index (χ2n) is 2.30. The minimum atomic E-state index is -5.99. The molecule has 0 aromatic heterocycles. The van der Waals surface area contributed by atoms with Gasteiger partial charge in [-0.3, -0.25) is 0 Å². The standard InChI is InChI=1S/C4F8S/c5-2(6,7)1(3(8,9)10)4(11,12)13-1. The first-order valence-corrected chi connectivity index (χ1v) is 3.49. The van der Waals surface area contributed by atoms with E-state index < -0.39 is 34.1 Å². The van der Waals surface area contributed by atoms with E-state index in [9.17, 15) is 35.1 Å². The highest BCUT2D eigenvalue weighted by Gasteiger charge is 2.96. The topological polar surface area (TPSA) is 0 Å². The number of thioether (sulfide) groups is 1. The first-order chi connectivity index (χ1) is 5.46. The Labute approximate surface area is 70.3 Å². The van der Waals surface area contributed by atoms with Crippen LogP contribution >= 0.6 is 11.8 Å². The average molecular weight is 232 g/mol. The van der Waals surface area contributed by atoms with Gasteiger partial charge in [0.2, 0.25) is 0 Å². The van der Waals surface area contributed by atoms with E-state index in [0.29, 0.717) is 0 Å². The minimum absolute atomic E-state index is 1.43. The van der Waals surface area contributed by atoms with Crippen LogP contribution in [0.25, 0.3) is 0 Å². The summed E-state index contributed by atoms with van der Waals surface area (Å²) in [4.78, 5) is 0. The van der Waals surface area contributed by atoms with Crippen LogP contribution in [-0.2, 0) is 0 Å². The van der Waals surface area contributed by atoms with Gasteiger partial charge in [-0.1, -0.05) is 11.8 Å². The van der Waals surface area contributed by atoms with Crippen LogP contribution in [-0.4, -0.2) is 22.4 Å². The number of rotatable bonds is 0. The monoisotopic (exact) mass is 232 g/mol. The van der Waals surface area contributed by atoms with E-state index in [0.717, 1.165) is 0 Å². The molecule has 1 aliphatic rings. The molecule has 0 amide bonds. The fourth-order valence-corrected chi connectivity index (χ4v) is 1.57. The van der Waals surface area contributed by atoms with E-state index in [1.54, 1.807) is 0 Å². The summed E-state index contributed by atoms with van der Waals surface area (Å²) in [5.41, 5.74) is 0. The van der Waals surface area contributed by atoms with Gasteiger partial charge in [-0.2, -0.15) is 35.1 Å². The van der Waals surface area contributed by atoms with Crippen molar-refractivity contribution in [1.29, 1.82) is 0 Å². The van der Waals surface area contributed by atoms with Crippen LogP contribution in [0.2, 0.25) is 0 Å². The van der Waals surface area contributed by atoms with Gasteiger partial charge >= 0.3 is 17.6 Å². The third-order valence-electron chi connectivity index (χ3n) is 1.45. The lowest BCUT2D eigenvalue weighted by atomic mass is 10.1. The highest BCUT2D eigenvalue weighted by Crippen LogP contribution is 2.77. The zero-order chi connectivity index (χ0) is 10.7. The normalized spacial score (nSPS) is 25.8. The Bertz CT molecular complexity index is 209. The van der Waals surface area contributed by atoms with Crippen LogP contribution in [0, 0.1) is 0 Å². The molecule has 1 heterocycles. The van der Waals surface area contributed by atoms with Crippen molar-refractivity contribution in [2.24, 2.45) is 0 Å². The molecule has 0 spiro atoms. The third kappa shape index (κ3) is 1.19. The molecule has 0 aromatic rings. The Balaban J connectivity index is 3.10. The maximum Gasteiger partial charge on any atom is 0.419 e. The second-order valence-corrected chi connectivity index (χ2v) is 3.62.